The number of carboxylic acids is 1. The maximum atomic E-state index is 10.8. The van der Waals surface area contributed by atoms with Crippen LogP contribution in [-0.2, 0) is 6.54 Å². The van der Waals surface area contributed by atoms with E-state index in [9.17, 15) is 14.9 Å². The summed E-state index contributed by atoms with van der Waals surface area (Å²) in [6.45, 7) is 2.04. The summed E-state index contributed by atoms with van der Waals surface area (Å²) in [7, 11) is 0. The SMILES string of the molecule is Cc1csc(Cn2cc([N+](=O)[O-])c(C(=O)O)n2)n1. The molecule has 2 aromatic heterocycles. The molecule has 0 aliphatic rings. The second-order valence-corrected chi connectivity index (χ2v) is 4.45. The molecule has 0 amide bonds. The highest BCUT2D eigenvalue weighted by molar-refractivity contribution is 7.09. The third-order valence-corrected chi connectivity index (χ3v) is 3.06. The molecule has 0 spiro atoms. The molecule has 18 heavy (non-hydrogen) atoms. The normalized spacial score (nSPS) is 10.5. The minimum atomic E-state index is -1.42. The maximum absolute atomic E-state index is 10.8. The number of hydrogen-bond donors (Lipinski definition) is 1. The van der Waals surface area contributed by atoms with Gasteiger partial charge in [0.25, 0.3) is 0 Å². The van der Waals surface area contributed by atoms with E-state index < -0.39 is 22.3 Å². The summed E-state index contributed by atoms with van der Waals surface area (Å²) in [5, 5.41) is 25.7. The number of aromatic nitrogens is 3. The molecule has 0 fully saturated rings. The van der Waals surface area contributed by atoms with Crippen molar-refractivity contribution >= 4 is 23.0 Å². The fraction of sp³-hybridized carbons (Fsp3) is 0.222. The molecule has 94 valence electrons. The summed E-state index contributed by atoms with van der Waals surface area (Å²) >= 11 is 1.39. The van der Waals surface area contributed by atoms with Crippen molar-refractivity contribution in [2.75, 3.05) is 0 Å². The minimum Gasteiger partial charge on any atom is -0.476 e. The van der Waals surface area contributed by atoms with Crippen molar-refractivity contribution in [3.8, 4) is 0 Å². The lowest BCUT2D eigenvalue weighted by molar-refractivity contribution is -0.385. The van der Waals surface area contributed by atoms with Crippen LogP contribution in [0.5, 0.6) is 0 Å². The Morgan fingerprint density at radius 3 is 2.83 bits per heavy atom. The van der Waals surface area contributed by atoms with E-state index in [1.807, 2.05) is 12.3 Å². The van der Waals surface area contributed by atoms with Crippen LogP contribution in [0.4, 0.5) is 5.69 Å². The van der Waals surface area contributed by atoms with Crippen LogP contribution in [0.15, 0.2) is 11.6 Å². The second-order valence-electron chi connectivity index (χ2n) is 3.51. The highest BCUT2D eigenvalue weighted by atomic mass is 32.1. The molecule has 0 saturated carbocycles. The average molecular weight is 268 g/mol. The van der Waals surface area contributed by atoms with E-state index in [0.29, 0.717) is 5.01 Å². The molecule has 8 nitrogen and oxygen atoms in total. The Kier molecular flexibility index (Phi) is 3.06. The molecular weight excluding hydrogens is 260 g/mol. The summed E-state index contributed by atoms with van der Waals surface area (Å²) < 4.78 is 1.21. The molecule has 0 bridgehead atoms. The van der Waals surface area contributed by atoms with E-state index in [1.54, 1.807) is 0 Å². The molecule has 0 saturated heterocycles. The molecule has 0 aliphatic carbocycles. The van der Waals surface area contributed by atoms with Gasteiger partial charge in [-0.05, 0) is 6.92 Å². The number of nitro groups is 1. The van der Waals surface area contributed by atoms with Crippen molar-refractivity contribution in [2.45, 2.75) is 13.5 Å². The Labute approximate surface area is 105 Å². The minimum absolute atomic E-state index is 0.215. The standard InChI is InChI=1S/C9H8N4O4S/c1-5-4-18-7(10-5)3-12-2-6(13(16)17)8(11-12)9(14)15/h2,4H,3H2,1H3,(H,14,15). The summed E-state index contributed by atoms with van der Waals surface area (Å²) in [4.78, 5) is 24.9. The van der Waals surface area contributed by atoms with Crippen molar-refractivity contribution in [1.29, 1.82) is 0 Å². The van der Waals surface area contributed by atoms with Crippen molar-refractivity contribution in [1.82, 2.24) is 14.8 Å². The molecule has 0 atom stereocenters. The Hall–Kier alpha value is -2.29. The monoisotopic (exact) mass is 268 g/mol. The second kappa shape index (κ2) is 4.53. The fourth-order valence-corrected chi connectivity index (χ4v) is 2.15. The summed E-state index contributed by atoms with van der Waals surface area (Å²) in [6.07, 6.45) is 1.10. The van der Waals surface area contributed by atoms with E-state index >= 15 is 0 Å². The molecule has 0 unspecified atom stereocenters. The van der Waals surface area contributed by atoms with Crippen LogP contribution in [0.1, 0.15) is 21.2 Å². The molecule has 0 aromatic carbocycles. The van der Waals surface area contributed by atoms with Gasteiger partial charge in [0.2, 0.25) is 5.69 Å². The number of carboxylic acid groups (broad SMARTS) is 1. The van der Waals surface area contributed by atoms with E-state index in [0.717, 1.165) is 11.9 Å². The predicted molar refractivity (Wildman–Crippen MR) is 61.8 cm³/mol. The highest BCUT2D eigenvalue weighted by Crippen LogP contribution is 2.18. The highest BCUT2D eigenvalue weighted by Gasteiger charge is 2.25. The van der Waals surface area contributed by atoms with Gasteiger partial charge in [0.05, 0.1) is 11.5 Å². The van der Waals surface area contributed by atoms with Crippen LogP contribution in [-0.4, -0.2) is 30.8 Å². The number of rotatable bonds is 4. The fourth-order valence-electron chi connectivity index (χ4n) is 1.39. The van der Waals surface area contributed by atoms with Gasteiger partial charge in [-0.15, -0.1) is 11.3 Å². The average Bonchev–Trinajstić information content (AvgIpc) is 2.85. The molecule has 2 rings (SSSR count). The van der Waals surface area contributed by atoms with Crippen molar-refractivity contribution < 1.29 is 14.8 Å². The van der Waals surface area contributed by atoms with E-state index in [2.05, 4.69) is 10.1 Å². The maximum Gasteiger partial charge on any atom is 0.363 e. The lowest BCUT2D eigenvalue weighted by atomic mass is 10.4. The van der Waals surface area contributed by atoms with Gasteiger partial charge >= 0.3 is 11.7 Å². The smallest absolute Gasteiger partial charge is 0.363 e. The third kappa shape index (κ3) is 2.35. The van der Waals surface area contributed by atoms with Crippen LogP contribution in [0.3, 0.4) is 0 Å². The van der Waals surface area contributed by atoms with Gasteiger partial charge in [-0.2, -0.15) is 5.10 Å². The summed E-state index contributed by atoms with van der Waals surface area (Å²) in [5.74, 6) is -1.42. The van der Waals surface area contributed by atoms with Crippen molar-refractivity contribution in [2.24, 2.45) is 0 Å². The lowest BCUT2D eigenvalue weighted by Gasteiger charge is -1.94. The van der Waals surface area contributed by atoms with Crippen molar-refractivity contribution in [3.63, 3.8) is 0 Å². The number of carbonyl (C=O) groups is 1. The zero-order valence-corrected chi connectivity index (χ0v) is 10.0. The number of nitrogens with zero attached hydrogens (tertiary/aromatic N) is 4. The van der Waals surface area contributed by atoms with Gasteiger partial charge in [0.15, 0.2) is 0 Å². The first-order valence-corrected chi connectivity index (χ1v) is 5.71. The number of aryl methyl sites for hydroxylation is 1. The zero-order chi connectivity index (χ0) is 13.3. The van der Waals surface area contributed by atoms with E-state index in [1.165, 1.54) is 16.0 Å². The van der Waals surface area contributed by atoms with Crippen LogP contribution >= 0.6 is 11.3 Å². The van der Waals surface area contributed by atoms with Crippen LogP contribution in [0.25, 0.3) is 0 Å². The molecule has 9 heteroatoms. The zero-order valence-electron chi connectivity index (χ0n) is 9.23. The summed E-state index contributed by atoms with van der Waals surface area (Å²) in [5.41, 5.74) is -0.237. The first kappa shape index (κ1) is 12.2. The van der Waals surface area contributed by atoms with Crippen LogP contribution in [0, 0.1) is 17.0 Å². The Bertz CT molecular complexity index is 586. The first-order chi connectivity index (χ1) is 8.47. The Balaban J connectivity index is 2.32. The molecule has 0 radical (unpaired) electrons. The van der Waals surface area contributed by atoms with Gasteiger partial charge in [-0.25, -0.2) is 9.78 Å². The van der Waals surface area contributed by atoms with Gasteiger partial charge < -0.3 is 5.11 Å². The number of hydrogen-bond acceptors (Lipinski definition) is 6. The van der Waals surface area contributed by atoms with Gasteiger partial charge in [-0.3, -0.25) is 14.8 Å². The molecule has 1 N–H and O–H groups in total. The Morgan fingerprint density at radius 2 is 2.39 bits per heavy atom. The molecule has 2 aromatic rings. The number of aromatic carboxylic acids is 1. The predicted octanol–water partition coefficient (Wildman–Crippen LogP) is 1.30. The van der Waals surface area contributed by atoms with Crippen LogP contribution < -0.4 is 0 Å². The largest absolute Gasteiger partial charge is 0.476 e. The molecule has 2 heterocycles. The molecular formula is C9H8N4O4S. The number of thiazole rings is 1. The first-order valence-electron chi connectivity index (χ1n) is 4.83. The van der Waals surface area contributed by atoms with Gasteiger partial charge in [-0.1, -0.05) is 0 Å². The van der Waals surface area contributed by atoms with E-state index in [4.69, 9.17) is 5.11 Å². The van der Waals surface area contributed by atoms with Crippen LogP contribution in [0.2, 0.25) is 0 Å². The quantitative estimate of drug-likeness (QED) is 0.660. The van der Waals surface area contributed by atoms with Gasteiger partial charge in [0, 0.05) is 11.1 Å². The van der Waals surface area contributed by atoms with E-state index in [-0.39, 0.29) is 6.54 Å². The Morgan fingerprint density at radius 1 is 1.67 bits per heavy atom. The molecule has 0 aliphatic heterocycles. The topological polar surface area (TPSA) is 111 Å². The third-order valence-electron chi connectivity index (χ3n) is 2.11. The van der Waals surface area contributed by atoms with Gasteiger partial charge in [0.1, 0.15) is 11.2 Å². The lowest BCUT2D eigenvalue weighted by Crippen LogP contribution is -2.04. The summed E-state index contributed by atoms with van der Waals surface area (Å²) in [6, 6.07) is 0. The van der Waals surface area contributed by atoms with Crippen molar-refractivity contribution in [3.05, 3.63) is 38.1 Å².